The second-order valence-corrected chi connectivity index (χ2v) is 3.66. The molecule has 2 aromatic rings. The van der Waals surface area contributed by atoms with Gasteiger partial charge in [0.25, 0.3) is 0 Å². The van der Waals surface area contributed by atoms with Crippen LogP contribution < -0.4 is 5.32 Å². The van der Waals surface area contributed by atoms with Gasteiger partial charge in [0.1, 0.15) is 18.0 Å². The molecule has 0 saturated carbocycles. The van der Waals surface area contributed by atoms with E-state index in [1.54, 1.807) is 6.07 Å². The number of unbranched alkanes of at least 4 members (excludes halogenated alkanes) is 1. The van der Waals surface area contributed by atoms with Gasteiger partial charge in [0.05, 0.1) is 5.52 Å². The van der Waals surface area contributed by atoms with Crippen molar-refractivity contribution in [3.8, 4) is 0 Å². The molecule has 1 N–H and O–H groups in total. The first-order chi connectivity index (χ1) is 7.81. The number of rotatable bonds is 4. The van der Waals surface area contributed by atoms with Crippen LogP contribution in [0.5, 0.6) is 0 Å². The smallest absolute Gasteiger partial charge is 0.137 e. The number of anilines is 1. The summed E-state index contributed by atoms with van der Waals surface area (Å²) in [7, 11) is 0. The fourth-order valence-electron chi connectivity index (χ4n) is 1.55. The molecule has 16 heavy (non-hydrogen) atoms. The molecule has 1 aromatic heterocycles. The first-order valence-electron chi connectivity index (χ1n) is 5.45. The highest BCUT2D eigenvalue weighted by Crippen LogP contribution is 2.19. The fourth-order valence-corrected chi connectivity index (χ4v) is 1.55. The third-order valence-corrected chi connectivity index (χ3v) is 2.42. The first-order valence-corrected chi connectivity index (χ1v) is 5.45. The van der Waals surface area contributed by atoms with Crippen molar-refractivity contribution in [2.24, 2.45) is 0 Å². The summed E-state index contributed by atoms with van der Waals surface area (Å²) in [5, 5.41) is 4.10. The first kappa shape index (κ1) is 10.8. The molecular formula is C12H14FN3. The lowest BCUT2D eigenvalue weighted by molar-refractivity contribution is 0.629. The molecule has 0 aliphatic heterocycles. The van der Waals surface area contributed by atoms with Gasteiger partial charge in [-0.25, -0.2) is 14.4 Å². The van der Waals surface area contributed by atoms with Crippen LogP contribution in [-0.2, 0) is 0 Å². The van der Waals surface area contributed by atoms with E-state index in [-0.39, 0.29) is 5.82 Å². The highest BCUT2D eigenvalue weighted by Gasteiger charge is 2.03. The Kier molecular flexibility index (Phi) is 3.29. The molecule has 0 spiro atoms. The number of benzene rings is 1. The van der Waals surface area contributed by atoms with Gasteiger partial charge in [-0.3, -0.25) is 0 Å². The van der Waals surface area contributed by atoms with Gasteiger partial charge in [-0.1, -0.05) is 13.3 Å². The van der Waals surface area contributed by atoms with Gasteiger partial charge in [0.2, 0.25) is 0 Å². The molecule has 1 aromatic carbocycles. The predicted octanol–water partition coefficient (Wildman–Crippen LogP) is 2.98. The van der Waals surface area contributed by atoms with Crippen molar-refractivity contribution in [3.05, 3.63) is 30.3 Å². The Balaban J connectivity index is 2.30. The summed E-state index contributed by atoms with van der Waals surface area (Å²) >= 11 is 0. The molecule has 0 saturated heterocycles. The number of hydrogen-bond acceptors (Lipinski definition) is 3. The fraction of sp³-hybridized carbons (Fsp3) is 0.333. The highest BCUT2D eigenvalue weighted by atomic mass is 19.1. The van der Waals surface area contributed by atoms with E-state index >= 15 is 0 Å². The van der Waals surface area contributed by atoms with E-state index in [0.29, 0.717) is 5.52 Å². The molecule has 2 rings (SSSR count). The molecule has 0 radical (unpaired) electrons. The average molecular weight is 219 g/mol. The van der Waals surface area contributed by atoms with Crippen molar-refractivity contribution in [2.45, 2.75) is 19.8 Å². The minimum Gasteiger partial charge on any atom is -0.369 e. The molecule has 0 fully saturated rings. The summed E-state index contributed by atoms with van der Waals surface area (Å²) in [5.41, 5.74) is 0.633. The second kappa shape index (κ2) is 4.88. The Labute approximate surface area is 93.7 Å². The van der Waals surface area contributed by atoms with Gasteiger partial charge in [-0.15, -0.1) is 0 Å². The van der Waals surface area contributed by atoms with Crippen LogP contribution in [0.3, 0.4) is 0 Å². The van der Waals surface area contributed by atoms with Gasteiger partial charge >= 0.3 is 0 Å². The molecule has 0 bridgehead atoms. The van der Waals surface area contributed by atoms with Gasteiger partial charge in [0.15, 0.2) is 0 Å². The minimum atomic E-state index is -0.272. The SMILES string of the molecule is CCCCNc1ncnc2cc(F)ccc12. The lowest BCUT2D eigenvalue weighted by Crippen LogP contribution is -2.03. The zero-order chi connectivity index (χ0) is 11.4. The van der Waals surface area contributed by atoms with Crippen molar-refractivity contribution >= 4 is 16.7 Å². The Hall–Kier alpha value is -1.71. The van der Waals surface area contributed by atoms with E-state index in [1.807, 2.05) is 0 Å². The molecule has 3 nitrogen and oxygen atoms in total. The van der Waals surface area contributed by atoms with E-state index in [9.17, 15) is 4.39 Å². The maximum absolute atomic E-state index is 13.0. The van der Waals surface area contributed by atoms with Crippen LogP contribution in [-0.4, -0.2) is 16.5 Å². The topological polar surface area (TPSA) is 37.8 Å². The summed E-state index contributed by atoms with van der Waals surface area (Å²) < 4.78 is 13.0. The van der Waals surface area contributed by atoms with Crippen LogP contribution in [0.4, 0.5) is 10.2 Å². The Bertz CT molecular complexity index is 485. The van der Waals surface area contributed by atoms with Crippen LogP contribution in [0.25, 0.3) is 10.9 Å². The molecule has 4 heteroatoms. The van der Waals surface area contributed by atoms with Crippen LogP contribution in [0, 0.1) is 5.82 Å². The van der Waals surface area contributed by atoms with E-state index < -0.39 is 0 Å². The van der Waals surface area contributed by atoms with Gasteiger partial charge < -0.3 is 5.32 Å². The second-order valence-electron chi connectivity index (χ2n) is 3.66. The van der Waals surface area contributed by atoms with Crippen molar-refractivity contribution in [1.82, 2.24) is 9.97 Å². The largest absolute Gasteiger partial charge is 0.369 e. The summed E-state index contributed by atoms with van der Waals surface area (Å²) in [6.07, 6.45) is 3.67. The third-order valence-electron chi connectivity index (χ3n) is 2.42. The lowest BCUT2D eigenvalue weighted by Gasteiger charge is -2.07. The summed E-state index contributed by atoms with van der Waals surface area (Å²) in [5.74, 6) is 0.504. The number of fused-ring (bicyclic) bond motifs is 1. The number of nitrogens with one attached hydrogen (secondary N) is 1. The van der Waals surface area contributed by atoms with Gasteiger partial charge in [-0.05, 0) is 18.6 Å². The zero-order valence-corrected chi connectivity index (χ0v) is 9.20. The maximum atomic E-state index is 13.0. The summed E-state index contributed by atoms with van der Waals surface area (Å²) in [6.45, 7) is 3.01. The zero-order valence-electron chi connectivity index (χ0n) is 9.20. The highest BCUT2D eigenvalue weighted by molar-refractivity contribution is 5.88. The third kappa shape index (κ3) is 2.27. The van der Waals surface area contributed by atoms with Crippen molar-refractivity contribution in [1.29, 1.82) is 0 Å². The van der Waals surface area contributed by atoms with Crippen LogP contribution in [0.1, 0.15) is 19.8 Å². The van der Waals surface area contributed by atoms with E-state index in [4.69, 9.17) is 0 Å². The predicted molar refractivity (Wildman–Crippen MR) is 62.9 cm³/mol. The molecule has 84 valence electrons. The normalized spacial score (nSPS) is 10.6. The Morgan fingerprint density at radius 2 is 2.19 bits per heavy atom. The summed E-state index contributed by atoms with van der Waals surface area (Å²) in [4.78, 5) is 8.20. The average Bonchev–Trinajstić information content (AvgIpc) is 2.29. The van der Waals surface area contributed by atoms with E-state index in [0.717, 1.165) is 30.6 Å². The Morgan fingerprint density at radius 3 is 3.00 bits per heavy atom. The van der Waals surface area contributed by atoms with Crippen molar-refractivity contribution in [2.75, 3.05) is 11.9 Å². The molecule has 0 atom stereocenters. The molecule has 0 amide bonds. The molecular weight excluding hydrogens is 205 g/mol. The number of aromatic nitrogens is 2. The number of hydrogen-bond donors (Lipinski definition) is 1. The summed E-state index contributed by atoms with van der Waals surface area (Å²) in [6, 6.07) is 4.55. The number of halogens is 1. The Morgan fingerprint density at radius 1 is 1.31 bits per heavy atom. The minimum absolute atomic E-state index is 0.272. The standard InChI is InChI=1S/C12H14FN3/c1-2-3-6-14-12-10-5-4-9(13)7-11(10)15-8-16-12/h4-5,7-8H,2-3,6H2,1H3,(H,14,15,16). The monoisotopic (exact) mass is 219 g/mol. The van der Waals surface area contributed by atoms with Crippen LogP contribution >= 0.6 is 0 Å². The molecule has 0 unspecified atom stereocenters. The maximum Gasteiger partial charge on any atom is 0.137 e. The molecule has 0 aliphatic rings. The van der Waals surface area contributed by atoms with Crippen molar-refractivity contribution in [3.63, 3.8) is 0 Å². The van der Waals surface area contributed by atoms with E-state index in [1.165, 1.54) is 18.5 Å². The van der Waals surface area contributed by atoms with Gasteiger partial charge in [-0.2, -0.15) is 0 Å². The van der Waals surface area contributed by atoms with Crippen LogP contribution in [0.2, 0.25) is 0 Å². The molecule has 1 heterocycles. The van der Waals surface area contributed by atoms with Gasteiger partial charge in [0, 0.05) is 18.0 Å². The van der Waals surface area contributed by atoms with Crippen molar-refractivity contribution < 1.29 is 4.39 Å². The molecule has 0 aliphatic carbocycles. The quantitative estimate of drug-likeness (QED) is 0.803. The van der Waals surface area contributed by atoms with Crippen LogP contribution in [0.15, 0.2) is 24.5 Å². The lowest BCUT2D eigenvalue weighted by atomic mass is 10.2. The number of nitrogens with zero attached hydrogens (tertiary/aromatic N) is 2. The van der Waals surface area contributed by atoms with E-state index in [2.05, 4.69) is 22.2 Å².